The number of nitrogens with zero attached hydrogens (tertiary/aromatic N) is 1. The van der Waals surface area contributed by atoms with Gasteiger partial charge in [0.25, 0.3) is 0 Å². The lowest BCUT2D eigenvalue weighted by Gasteiger charge is -1.99. The Kier molecular flexibility index (Phi) is 4.17. The van der Waals surface area contributed by atoms with Crippen LogP contribution in [0.2, 0.25) is 0 Å². The Balaban J connectivity index is 2.04. The minimum Gasteiger partial charge on any atom is -0.383 e. The number of hydrogen-bond acceptors (Lipinski definition) is 3. The van der Waals surface area contributed by atoms with Gasteiger partial charge >= 0.3 is 0 Å². The van der Waals surface area contributed by atoms with E-state index < -0.39 is 0 Å². The van der Waals surface area contributed by atoms with E-state index in [2.05, 4.69) is 31.4 Å². The molecule has 0 bridgehead atoms. The van der Waals surface area contributed by atoms with Gasteiger partial charge in [0.15, 0.2) is 0 Å². The fourth-order valence-corrected chi connectivity index (χ4v) is 1.74. The van der Waals surface area contributed by atoms with E-state index in [-0.39, 0.29) is 0 Å². The van der Waals surface area contributed by atoms with Crippen molar-refractivity contribution in [2.75, 3.05) is 25.6 Å². The molecular formula is C12H14BrN3O. The van der Waals surface area contributed by atoms with Crippen LogP contribution >= 0.6 is 15.9 Å². The standard InChI is InChI=1S/C12H14BrN3O/c1-17-7-6-14-12-8-11(15-16-12)9-2-4-10(13)5-3-9/h2-5,8H,6-7H2,1H3,(H2,14,15,16). The molecule has 1 aromatic heterocycles. The Morgan fingerprint density at radius 2 is 2.12 bits per heavy atom. The Bertz CT molecular complexity index is 467. The molecular weight excluding hydrogens is 282 g/mol. The van der Waals surface area contributed by atoms with E-state index in [1.54, 1.807) is 7.11 Å². The predicted molar refractivity (Wildman–Crippen MR) is 72.1 cm³/mol. The lowest BCUT2D eigenvalue weighted by molar-refractivity contribution is 0.210. The number of H-pyrrole nitrogens is 1. The maximum absolute atomic E-state index is 4.96. The predicted octanol–water partition coefficient (Wildman–Crippen LogP) is 2.90. The van der Waals surface area contributed by atoms with Crippen LogP contribution in [0.3, 0.4) is 0 Å². The van der Waals surface area contributed by atoms with E-state index in [9.17, 15) is 0 Å². The van der Waals surface area contributed by atoms with Crippen molar-refractivity contribution in [3.05, 3.63) is 34.8 Å². The highest BCUT2D eigenvalue weighted by Gasteiger charge is 2.02. The van der Waals surface area contributed by atoms with Gasteiger partial charge in [0, 0.05) is 24.2 Å². The summed E-state index contributed by atoms with van der Waals surface area (Å²) >= 11 is 3.41. The lowest BCUT2D eigenvalue weighted by atomic mass is 10.1. The second-order valence-electron chi connectivity index (χ2n) is 3.59. The molecule has 17 heavy (non-hydrogen) atoms. The number of benzene rings is 1. The Labute approximate surface area is 109 Å². The minimum absolute atomic E-state index is 0.667. The zero-order chi connectivity index (χ0) is 12.1. The molecule has 0 saturated carbocycles. The first-order valence-electron chi connectivity index (χ1n) is 5.34. The van der Waals surface area contributed by atoms with Crippen LogP contribution in [0, 0.1) is 0 Å². The summed E-state index contributed by atoms with van der Waals surface area (Å²) in [6.07, 6.45) is 0. The molecule has 2 rings (SSSR count). The van der Waals surface area contributed by atoms with Crippen LogP contribution in [0.5, 0.6) is 0 Å². The Morgan fingerprint density at radius 1 is 1.35 bits per heavy atom. The number of hydrogen-bond donors (Lipinski definition) is 2. The van der Waals surface area contributed by atoms with Crippen molar-refractivity contribution < 1.29 is 4.74 Å². The van der Waals surface area contributed by atoms with Gasteiger partial charge in [-0.3, -0.25) is 5.10 Å². The van der Waals surface area contributed by atoms with Crippen molar-refractivity contribution in [2.24, 2.45) is 0 Å². The van der Waals surface area contributed by atoms with E-state index >= 15 is 0 Å². The molecule has 0 atom stereocenters. The summed E-state index contributed by atoms with van der Waals surface area (Å²) in [6.45, 7) is 1.42. The van der Waals surface area contributed by atoms with Gasteiger partial charge in [0.1, 0.15) is 5.82 Å². The third kappa shape index (κ3) is 3.31. The minimum atomic E-state index is 0.667. The van der Waals surface area contributed by atoms with Crippen LogP contribution in [0.1, 0.15) is 0 Å². The molecule has 0 saturated heterocycles. The average Bonchev–Trinajstić information content (AvgIpc) is 2.79. The maximum atomic E-state index is 4.96. The van der Waals surface area contributed by atoms with E-state index in [1.807, 2.05) is 30.3 Å². The molecule has 90 valence electrons. The molecule has 1 heterocycles. The number of aromatic amines is 1. The second-order valence-corrected chi connectivity index (χ2v) is 4.51. The third-order valence-electron chi connectivity index (χ3n) is 2.35. The Hall–Kier alpha value is -1.33. The molecule has 0 fully saturated rings. The summed E-state index contributed by atoms with van der Waals surface area (Å²) < 4.78 is 6.03. The topological polar surface area (TPSA) is 49.9 Å². The number of methoxy groups -OCH3 is 1. The van der Waals surface area contributed by atoms with Crippen molar-refractivity contribution in [1.29, 1.82) is 0 Å². The van der Waals surface area contributed by atoms with Crippen LogP contribution in [0.15, 0.2) is 34.8 Å². The van der Waals surface area contributed by atoms with E-state index in [4.69, 9.17) is 4.74 Å². The number of nitrogens with one attached hydrogen (secondary N) is 2. The molecule has 4 nitrogen and oxygen atoms in total. The molecule has 0 radical (unpaired) electrons. The SMILES string of the molecule is COCCNc1cc(-c2ccc(Br)cc2)[nH]n1. The number of anilines is 1. The van der Waals surface area contributed by atoms with E-state index in [1.165, 1.54) is 0 Å². The fraction of sp³-hybridized carbons (Fsp3) is 0.250. The first-order chi connectivity index (χ1) is 8.29. The van der Waals surface area contributed by atoms with Gasteiger partial charge in [-0.2, -0.15) is 5.10 Å². The normalized spacial score (nSPS) is 10.5. The monoisotopic (exact) mass is 295 g/mol. The molecule has 0 unspecified atom stereocenters. The van der Waals surface area contributed by atoms with Crippen molar-refractivity contribution in [3.63, 3.8) is 0 Å². The largest absolute Gasteiger partial charge is 0.383 e. The fourth-order valence-electron chi connectivity index (χ4n) is 1.47. The number of aromatic nitrogens is 2. The molecule has 1 aromatic carbocycles. The third-order valence-corrected chi connectivity index (χ3v) is 2.87. The first kappa shape index (κ1) is 12.1. The smallest absolute Gasteiger partial charge is 0.148 e. The van der Waals surface area contributed by atoms with Crippen LogP contribution in [-0.4, -0.2) is 30.5 Å². The van der Waals surface area contributed by atoms with Crippen molar-refractivity contribution in [2.45, 2.75) is 0 Å². The number of halogens is 1. The zero-order valence-electron chi connectivity index (χ0n) is 9.53. The average molecular weight is 296 g/mol. The van der Waals surface area contributed by atoms with Crippen LogP contribution in [0.4, 0.5) is 5.82 Å². The first-order valence-corrected chi connectivity index (χ1v) is 6.13. The Morgan fingerprint density at radius 3 is 2.82 bits per heavy atom. The summed E-state index contributed by atoms with van der Waals surface area (Å²) in [7, 11) is 1.68. The maximum Gasteiger partial charge on any atom is 0.148 e. The number of rotatable bonds is 5. The molecule has 5 heteroatoms. The molecule has 0 amide bonds. The van der Waals surface area contributed by atoms with Gasteiger partial charge in [0.2, 0.25) is 0 Å². The van der Waals surface area contributed by atoms with Gasteiger partial charge in [-0.05, 0) is 17.7 Å². The van der Waals surface area contributed by atoms with Crippen LogP contribution in [0.25, 0.3) is 11.3 Å². The lowest BCUT2D eigenvalue weighted by Crippen LogP contribution is -2.07. The highest BCUT2D eigenvalue weighted by Crippen LogP contribution is 2.21. The highest BCUT2D eigenvalue weighted by molar-refractivity contribution is 9.10. The van der Waals surface area contributed by atoms with Gasteiger partial charge in [-0.25, -0.2) is 0 Å². The molecule has 0 aliphatic heterocycles. The van der Waals surface area contributed by atoms with E-state index in [0.29, 0.717) is 6.61 Å². The molecule has 2 aromatic rings. The molecule has 0 aliphatic carbocycles. The van der Waals surface area contributed by atoms with E-state index in [0.717, 1.165) is 28.1 Å². The highest BCUT2D eigenvalue weighted by atomic mass is 79.9. The van der Waals surface area contributed by atoms with Crippen molar-refractivity contribution >= 4 is 21.7 Å². The second kappa shape index (κ2) is 5.84. The van der Waals surface area contributed by atoms with Gasteiger partial charge < -0.3 is 10.1 Å². The molecule has 0 spiro atoms. The summed E-state index contributed by atoms with van der Waals surface area (Å²) in [5, 5.41) is 10.4. The van der Waals surface area contributed by atoms with Crippen molar-refractivity contribution in [3.8, 4) is 11.3 Å². The van der Waals surface area contributed by atoms with Crippen LogP contribution in [-0.2, 0) is 4.74 Å². The van der Waals surface area contributed by atoms with Gasteiger partial charge in [-0.15, -0.1) is 0 Å². The quantitative estimate of drug-likeness (QED) is 0.834. The summed E-state index contributed by atoms with van der Waals surface area (Å²) in [5.41, 5.74) is 2.11. The summed E-state index contributed by atoms with van der Waals surface area (Å²) in [4.78, 5) is 0. The zero-order valence-corrected chi connectivity index (χ0v) is 11.1. The van der Waals surface area contributed by atoms with Gasteiger partial charge in [-0.1, -0.05) is 28.1 Å². The molecule has 2 N–H and O–H groups in total. The number of ether oxygens (including phenoxy) is 1. The molecule has 0 aliphatic rings. The van der Waals surface area contributed by atoms with Crippen molar-refractivity contribution in [1.82, 2.24) is 10.2 Å². The van der Waals surface area contributed by atoms with Gasteiger partial charge in [0.05, 0.1) is 12.3 Å². The summed E-state index contributed by atoms with van der Waals surface area (Å²) in [6, 6.07) is 10.1. The summed E-state index contributed by atoms with van der Waals surface area (Å²) in [5.74, 6) is 0.833. The van der Waals surface area contributed by atoms with Crippen LogP contribution < -0.4 is 5.32 Å².